The van der Waals surface area contributed by atoms with E-state index in [1.165, 1.54) is 12.1 Å². The van der Waals surface area contributed by atoms with Gasteiger partial charge in [-0.05, 0) is 26.2 Å². The van der Waals surface area contributed by atoms with E-state index in [2.05, 4.69) is 0 Å². The summed E-state index contributed by atoms with van der Waals surface area (Å²) < 4.78 is 5.04. The Labute approximate surface area is 112 Å². The van der Waals surface area contributed by atoms with Crippen LogP contribution < -0.4 is 0 Å². The number of carbonyl (C=O) groups is 2. The fourth-order valence-electron chi connectivity index (χ4n) is 1.52. The number of esters is 1. The molecule has 0 bridgehead atoms. The molecular weight excluding hydrogens is 246 g/mol. The van der Waals surface area contributed by atoms with Crippen molar-refractivity contribution in [3.63, 3.8) is 0 Å². The van der Waals surface area contributed by atoms with Gasteiger partial charge >= 0.3 is 5.97 Å². The zero-order chi connectivity index (χ0) is 14.4. The molecule has 0 aliphatic carbocycles. The molecule has 0 saturated carbocycles. The number of carbonyl (C=O) groups excluding carboxylic acids is 2. The molecule has 1 rings (SSSR count). The van der Waals surface area contributed by atoms with Crippen LogP contribution in [0.5, 0.6) is 5.75 Å². The van der Waals surface area contributed by atoms with Crippen molar-refractivity contribution in [2.45, 2.75) is 13.3 Å². The summed E-state index contributed by atoms with van der Waals surface area (Å²) in [5.74, 6) is -1.13. The maximum atomic E-state index is 11.8. The molecule has 0 saturated heterocycles. The van der Waals surface area contributed by atoms with Crippen LogP contribution in [-0.4, -0.2) is 49.0 Å². The van der Waals surface area contributed by atoms with E-state index in [1.54, 1.807) is 13.0 Å². The smallest absolute Gasteiger partial charge is 0.341 e. The van der Waals surface area contributed by atoms with Crippen LogP contribution in [0.2, 0.25) is 0 Å². The van der Waals surface area contributed by atoms with E-state index in [0.717, 1.165) is 0 Å². The number of hydrogen-bond acceptors (Lipinski definition) is 5. The van der Waals surface area contributed by atoms with Gasteiger partial charge in [-0.3, -0.25) is 4.79 Å². The average molecular weight is 265 g/mol. The Hall–Kier alpha value is -1.88. The molecule has 104 valence electrons. The molecule has 5 nitrogen and oxygen atoms in total. The van der Waals surface area contributed by atoms with Crippen molar-refractivity contribution in [1.29, 1.82) is 0 Å². The fourth-order valence-corrected chi connectivity index (χ4v) is 1.52. The summed E-state index contributed by atoms with van der Waals surface area (Å²) in [6, 6.07) is 4.50. The highest BCUT2D eigenvalue weighted by Gasteiger charge is 2.18. The predicted molar refractivity (Wildman–Crippen MR) is 71.6 cm³/mol. The van der Waals surface area contributed by atoms with Gasteiger partial charge in [-0.1, -0.05) is 13.0 Å². The third-order valence-electron chi connectivity index (χ3n) is 2.65. The van der Waals surface area contributed by atoms with Gasteiger partial charge in [0.25, 0.3) is 0 Å². The lowest BCUT2D eigenvalue weighted by atomic mass is 10.0. The van der Waals surface area contributed by atoms with Gasteiger partial charge < -0.3 is 14.7 Å². The number of ether oxygens (including phenoxy) is 1. The van der Waals surface area contributed by atoms with E-state index >= 15 is 0 Å². The monoisotopic (exact) mass is 265 g/mol. The lowest BCUT2D eigenvalue weighted by Crippen LogP contribution is -2.20. The molecule has 0 heterocycles. The van der Waals surface area contributed by atoms with Gasteiger partial charge in [0, 0.05) is 13.0 Å². The highest BCUT2D eigenvalue weighted by atomic mass is 16.5. The van der Waals surface area contributed by atoms with Crippen molar-refractivity contribution in [3.05, 3.63) is 29.3 Å². The number of phenolic OH excluding ortho intramolecular Hbond substituents is 1. The first-order valence-corrected chi connectivity index (χ1v) is 6.14. The van der Waals surface area contributed by atoms with E-state index in [-0.39, 0.29) is 35.7 Å². The summed E-state index contributed by atoms with van der Waals surface area (Å²) in [7, 11) is 3.73. The van der Waals surface area contributed by atoms with E-state index in [0.29, 0.717) is 6.54 Å². The molecule has 0 aromatic heterocycles. The summed E-state index contributed by atoms with van der Waals surface area (Å²) in [6.45, 7) is 2.53. The molecule has 0 atom stereocenters. The number of para-hydroxylation sites is 1. The first-order chi connectivity index (χ1) is 8.97. The lowest BCUT2D eigenvalue weighted by Gasteiger charge is -2.11. The van der Waals surface area contributed by atoms with Gasteiger partial charge in [0.2, 0.25) is 0 Å². The molecule has 0 aliphatic rings. The number of hydrogen-bond donors (Lipinski definition) is 1. The minimum atomic E-state index is -0.620. The van der Waals surface area contributed by atoms with Crippen LogP contribution in [0, 0.1) is 0 Å². The van der Waals surface area contributed by atoms with Crippen molar-refractivity contribution in [2.75, 3.05) is 27.2 Å². The van der Waals surface area contributed by atoms with Crippen LogP contribution >= 0.6 is 0 Å². The minimum Gasteiger partial charge on any atom is -0.506 e. The quantitative estimate of drug-likeness (QED) is 0.626. The average Bonchev–Trinajstić information content (AvgIpc) is 2.37. The Morgan fingerprint density at radius 1 is 1.26 bits per heavy atom. The Morgan fingerprint density at radius 2 is 1.89 bits per heavy atom. The van der Waals surface area contributed by atoms with Gasteiger partial charge in [0.1, 0.15) is 17.9 Å². The fraction of sp³-hybridized carbons (Fsp3) is 0.429. The zero-order valence-electron chi connectivity index (χ0n) is 11.5. The van der Waals surface area contributed by atoms with E-state index in [1.807, 2.05) is 19.0 Å². The number of benzene rings is 1. The molecule has 0 amide bonds. The molecule has 19 heavy (non-hydrogen) atoms. The first kappa shape index (κ1) is 15.2. The topological polar surface area (TPSA) is 66.8 Å². The van der Waals surface area contributed by atoms with Gasteiger partial charge in [0.05, 0.1) is 5.56 Å². The van der Waals surface area contributed by atoms with Crippen LogP contribution in [0.1, 0.15) is 34.1 Å². The molecular formula is C14H19NO4. The molecule has 1 aromatic rings. The lowest BCUT2D eigenvalue weighted by molar-refractivity contribution is 0.0478. The van der Waals surface area contributed by atoms with Crippen molar-refractivity contribution in [2.24, 2.45) is 0 Å². The van der Waals surface area contributed by atoms with Gasteiger partial charge in [-0.2, -0.15) is 0 Å². The Kier molecular flexibility index (Phi) is 5.51. The summed E-state index contributed by atoms with van der Waals surface area (Å²) in [5.41, 5.74) is 0.183. The van der Waals surface area contributed by atoms with Crippen molar-refractivity contribution in [1.82, 2.24) is 4.90 Å². The molecule has 5 heteroatoms. The summed E-state index contributed by atoms with van der Waals surface area (Å²) >= 11 is 0. The first-order valence-electron chi connectivity index (χ1n) is 6.14. The predicted octanol–water partition coefficient (Wildman–Crippen LogP) is 1.70. The SMILES string of the molecule is CCC(=O)c1cccc(C(=O)OCCN(C)C)c1O. The second kappa shape index (κ2) is 6.89. The number of nitrogens with zero attached hydrogens (tertiary/aromatic N) is 1. The number of rotatable bonds is 6. The van der Waals surface area contributed by atoms with Crippen LogP contribution in [-0.2, 0) is 4.74 Å². The summed E-state index contributed by atoms with van der Waals surface area (Å²) in [4.78, 5) is 25.3. The number of phenols is 1. The van der Waals surface area contributed by atoms with Crippen LogP contribution in [0.3, 0.4) is 0 Å². The highest BCUT2D eigenvalue weighted by molar-refractivity contribution is 6.03. The number of ketones is 1. The van der Waals surface area contributed by atoms with Gasteiger partial charge in [0.15, 0.2) is 5.78 Å². The molecule has 1 N–H and O–H groups in total. The largest absolute Gasteiger partial charge is 0.506 e. The van der Waals surface area contributed by atoms with Crippen molar-refractivity contribution in [3.8, 4) is 5.75 Å². The van der Waals surface area contributed by atoms with E-state index in [4.69, 9.17) is 4.74 Å². The second-order valence-electron chi connectivity index (χ2n) is 4.42. The third-order valence-corrected chi connectivity index (χ3v) is 2.65. The van der Waals surface area contributed by atoms with E-state index in [9.17, 15) is 14.7 Å². The highest BCUT2D eigenvalue weighted by Crippen LogP contribution is 2.24. The Morgan fingerprint density at radius 3 is 2.47 bits per heavy atom. The Bertz CT molecular complexity index is 469. The van der Waals surface area contributed by atoms with Crippen LogP contribution in [0.15, 0.2) is 18.2 Å². The van der Waals surface area contributed by atoms with Crippen molar-refractivity contribution >= 4 is 11.8 Å². The van der Waals surface area contributed by atoms with Crippen LogP contribution in [0.4, 0.5) is 0 Å². The number of aromatic hydroxyl groups is 1. The van der Waals surface area contributed by atoms with Gasteiger partial charge in [-0.25, -0.2) is 4.79 Å². The molecule has 0 spiro atoms. The second-order valence-corrected chi connectivity index (χ2v) is 4.42. The van der Waals surface area contributed by atoms with Gasteiger partial charge in [-0.15, -0.1) is 0 Å². The molecule has 0 aliphatic heterocycles. The number of Topliss-reactive ketones (excluding diaryl/α,β-unsaturated/α-hetero) is 1. The molecule has 0 radical (unpaired) electrons. The van der Waals surface area contributed by atoms with E-state index < -0.39 is 5.97 Å². The minimum absolute atomic E-state index is 0.0260. The maximum absolute atomic E-state index is 11.8. The molecule has 0 fully saturated rings. The molecule has 1 aromatic carbocycles. The number of likely N-dealkylation sites (N-methyl/N-ethyl adjacent to an activating group) is 1. The molecule has 0 unspecified atom stereocenters. The normalized spacial score (nSPS) is 10.5. The maximum Gasteiger partial charge on any atom is 0.341 e. The third kappa shape index (κ3) is 4.06. The standard InChI is InChI=1S/C14H19NO4/c1-4-12(16)10-6-5-7-11(13(10)17)14(18)19-9-8-15(2)3/h5-7,17H,4,8-9H2,1-3H3. The van der Waals surface area contributed by atoms with Crippen LogP contribution in [0.25, 0.3) is 0 Å². The summed E-state index contributed by atoms with van der Waals surface area (Å²) in [6.07, 6.45) is 0.271. The zero-order valence-corrected chi connectivity index (χ0v) is 11.5. The Balaban J connectivity index is 2.83. The summed E-state index contributed by atoms with van der Waals surface area (Å²) in [5, 5.41) is 9.94. The van der Waals surface area contributed by atoms with Crippen molar-refractivity contribution < 1.29 is 19.4 Å².